The number of aromatic nitrogens is 1. The maximum absolute atomic E-state index is 13.5. The lowest BCUT2D eigenvalue weighted by Gasteiger charge is -2.33. The lowest BCUT2D eigenvalue weighted by Crippen LogP contribution is -2.55. The van der Waals surface area contributed by atoms with Gasteiger partial charge in [0.1, 0.15) is 5.82 Å². The zero-order chi connectivity index (χ0) is 20.3. The molecule has 7 heteroatoms. The Morgan fingerprint density at radius 2 is 2.03 bits per heavy atom. The average Bonchev–Trinajstić information content (AvgIpc) is 3.03. The Balaban J connectivity index is 1.44. The van der Waals surface area contributed by atoms with E-state index in [9.17, 15) is 14.0 Å². The van der Waals surface area contributed by atoms with Gasteiger partial charge in [-0.1, -0.05) is 18.2 Å². The molecule has 2 fully saturated rings. The lowest BCUT2D eigenvalue weighted by atomic mass is 9.97. The Morgan fingerprint density at radius 1 is 1.17 bits per heavy atom. The number of amides is 2. The fourth-order valence-corrected chi connectivity index (χ4v) is 4.30. The van der Waals surface area contributed by atoms with Crippen molar-refractivity contribution in [2.75, 3.05) is 26.2 Å². The number of rotatable bonds is 4. The molecule has 2 amide bonds. The van der Waals surface area contributed by atoms with Crippen molar-refractivity contribution in [1.82, 2.24) is 20.1 Å². The van der Waals surface area contributed by atoms with Crippen LogP contribution < -0.4 is 5.32 Å². The number of carbonyl (C=O) groups is 2. The second-order valence-electron chi connectivity index (χ2n) is 8.02. The Hall–Kier alpha value is -2.80. The van der Waals surface area contributed by atoms with E-state index >= 15 is 0 Å². The summed E-state index contributed by atoms with van der Waals surface area (Å²) in [6, 6.07) is 10.3. The number of hydrogen-bond acceptors (Lipinski definition) is 4. The van der Waals surface area contributed by atoms with Crippen molar-refractivity contribution in [3.05, 3.63) is 65.7 Å². The molecule has 2 aliphatic rings. The first-order chi connectivity index (χ1) is 14.0. The molecule has 0 radical (unpaired) electrons. The highest BCUT2D eigenvalue weighted by molar-refractivity contribution is 5.80. The normalized spacial score (nSPS) is 22.5. The van der Waals surface area contributed by atoms with E-state index in [4.69, 9.17) is 0 Å². The van der Waals surface area contributed by atoms with Gasteiger partial charge in [0, 0.05) is 51.5 Å². The molecule has 152 valence electrons. The summed E-state index contributed by atoms with van der Waals surface area (Å²) in [4.78, 5) is 33.2. The van der Waals surface area contributed by atoms with Gasteiger partial charge in [-0.15, -0.1) is 0 Å². The lowest BCUT2D eigenvalue weighted by molar-refractivity contribution is -0.130. The van der Waals surface area contributed by atoms with E-state index in [1.54, 1.807) is 18.5 Å². The maximum atomic E-state index is 13.5. The number of benzene rings is 1. The smallest absolute Gasteiger partial charge is 0.227 e. The zero-order valence-corrected chi connectivity index (χ0v) is 16.3. The summed E-state index contributed by atoms with van der Waals surface area (Å²) < 4.78 is 13.5. The van der Waals surface area contributed by atoms with Gasteiger partial charge >= 0.3 is 0 Å². The summed E-state index contributed by atoms with van der Waals surface area (Å²) in [7, 11) is 0. The number of carbonyl (C=O) groups excluding carboxylic acids is 2. The highest BCUT2D eigenvalue weighted by atomic mass is 19.1. The van der Waals surface area contributed by atoms with Gasteiger partial charge in [-0.05, 0) is 35.7 Å². The SMILES string of the molecule is O=C1CCN(Cc2cccc(F)c2)CC2(CCN(C(=O)Cc3cccnc3)C2)N1. The van der Waals surface area contributed by atoms with Gasteiger partial charge < -0.3 is 10.2 Å². The summed E-state index contributed by atoms with van der Waals surface area (Å²) in [5, 5.41) is 3.17. The van der Waals surface area contributed by atoms with Crippen molar-refractivity contribution in [2.24, 2.45) is 0 Å². The summed E-state index contributed by atoms with van der Waals surface area (Å²) >= 11 is 0. The van der Waals surface area contributed by atoms with E-state index in [0.717, 1.165) is 17.5 Å². The molecule has 6 nitrogen and oxygen atoms in total. The number of hydrogen-bond donors (Lipinski definition) is 1. The van der Waals surface area contributed by atoms with Crippen LogP contribution in [0.15, 0.2) is 48.8 Å². The first-order valence-corrected chi connectivity index (χ1v) is 9.96. The summed E-state index contributed by atoms with van der Waals surface area (Å²) in [6.07, 6.45) is 4.83. The minimum absolute atomic E-state index is 0.00769. The van der Waals surface area contributed by atoms with Crippen LogP contribution in [-0.2, 0) is 22.6 Å². The second kappa shape index (κ2) is 8.29. The summed E-state index contributed by atoms with van der Waals surface area (Å²) in [5.41, 5.74) is 1.32. The highest BCUT2D eigenvalue weighted by Gasteiger charge is 2.43. The third kappa shape index (κ3) is 4.79. The van der Waals surface area contributed by atoms with E-state index in [-0.39, 0.29) is 17.6 Å². The largest absolute Gasteiger partial charge is 0.347 e. The van der Waals surface area contributed by atoms with Crippen molar-refractivity contribution in [3.63, 3.8) is 0 Å². The van der Waals surface area contributed by atoms with E-state index < -0.39 is 5.54 Å². The third-order valence-electron chi connectivity index (χ3n) is 5.67. The first kappa shape index (κ1) is 19.5. The van der Waals surface area contributed by atoms with Crippen LogP contribution >= 0.6 is 0 Å². The molecular weight excluding hydrogens is 371 g/mol. The molecule has 1 aromatic heterocycles. The molecule has 1 spiro atoms. The monoisotopic (exact) mass is 396 g/mol. The van der Waals surface area contributed by atoms with Gasteiger partial charge in [-0.3, -0.25) is 19.5 Å². The predicted octanol–water partition coefficient (Wildman–Crippen LogP) is 1.76. The first-order valence-electron chi connectivity index (χ1n) is 9.96. The van der Waals surface area contributed by atoms with Crippen molar-refractivity contribution < 1.29 is 14.0 Å². The molecule has 0 aliphatic carbocycles. The highest BCUT2D eigenvalue weighted by Crippen LogP contribution is 2.26. The van der Waals surface area contributed by atoms with Crippen LogP contribution in [0.5, 0.6) is 0 Å². The van der Waals surface area contributed by atoms with Crippen molar-refractivity contribution in [3.8, 4) is 0 Å². The van der Waals surface area contributed by atoms with Crippen LogP contribution in [0.3, 0.4) is 0 Å². The maximum Gasteiger partial charge on any atom is 0.227 e. The molecule has 1 atom stereocenters. The topological polar surface area (TPSA) is 65.5 Å². The zero-order valence-electron chi connectivity index (χ0n) is 16.3. The van der Waals surface area contributed by atoms with Crippen LogP contribution in [0, 0.1) is 5.82 Å². The minimum atomic E-state index is -0.453. The number of likely N-dealkylation sites (tertiary alicyclic amines) is 1. The van der Waals surface area contributed by atoms with E-state index in [1.807, 2.05) is 23.1 Å². The molecule has 29 heavy (non-hydrogen) atoms. The molecular formula is C22H25FN4O2. The van der Waals surface area contributed by atoms with Crippen molar-refractivity contribution in [1.29, 1.82) is 0 Å². The summed E-state index contributed by atoms with van der Waals surface area (Å²) in [5.74, 6) is -0.201. The fraction of sp³-hybridized carbons (Fsp3) is 0.409. The summed E-state index contributed by atoms with van der Waals surface area (Å²) in [6.45, 7) is 2.96. The number of nitrogens with zero attached hydrogens (tertiary/aromatic N) is 3. The second-order valence-corrected chi connectivity index (χ2v) is 8.02. The number of halogens is 1. The van der Waals surface area contributed by atoms with Crippen molar-refractivity contribution in [2.45, 2.75) is 31.3 Å². The Labute approximate surface area is 169 Å². The Kier molecular flexibility index (Phi) is 5.58. The van der Waals surface area contributed by atoms with Gasteiger partial charge in [0.25, 0.3) is 0 Å². The molecule has 2 aromatic rings. The number of pyridine rings is 1. The molecule has 0 bridgehead atoms. The predicted molar refractivity (Wildman–Crippen MR) is 106 cm³/mol. The van der Waals surface area contributed by atoms with Crippen LogP contribution in [0.1, 0.15) is 24.0 Å². The minimum Gasteiger partial charge on any atom is -0.347 e. The van der Waals surface area contributed by atoms with E-state index in [1.165, 1.54) is 12.1 Å². The third-order valence-corrected chi connectivity index (χ3v) is 5.67. The quantitative estimate of drug-likeness (QED) is 0.855. The molecule has 2 saturated heterocycles. The van der Waals surface area contributed by atoms with Crippen LogP contribution in [-0.4, -0.2) is 58.3 Å². The van der Waals surface area contributed by atoms with Crippen LogP contribution in [0.2, 0.25) is 0 Å². The molecule has 1 unspecified atom stereocenters. The van der Waals surface area contributed by atoms with E-state index in [2.05, 4.69) is 15.2 Å². The molecule has 0 saturated carbocycles. The average molecular weight is 396 g/mol. The molecule has 2 aliphatic heterocycles. The number of nitrogens with one attached hydrogen (secondary N) is 1. The van der Waals surface area contributed by atoms with Gasteiger partial charge in [0.15, 0.2) is 0 Å². The van der Waals surface area contributed by atoms with Crippen molar-refractivity contribution >= 4 is 11.8 Å². The molecule has 4 rings (SSSR count). The molecule has 3 heterocycles. The Bertz CT molecular complexity index is 891. The molecule has 1 aromatic carbocycles. The molecule has 1 N–H and O–H groups in total. The van der Waals surface area contributed by atoms with Gasteiger partial charge in [-0.25, -0.2) is 4.39 Å². The van der Waals surface area contributed by atoms with Gasteiger partial charge in [-0.2, -0.15) is 0 Å². The van der Waals surface area contributed by atoms with Gasteiger partial charge in [0.2, 0.25) is 11.8 Å². The van der Waals surface area contributed by atoms with Crippen LogP contribution in [0.4, 0.5) is 4.39 Å². The van der Waals surface area contributed by atoms with Crippen LogP contribution in [0.25, 0.3) is 0 Å². The standard InChI is InChI=1S/C22H25FN4O2/c23-19-5-1-3-18(11-19)14-26-9-6-20(28)25-22(15-26)7-10-27(16-22)21(29)12-17-4-2-8-24-13-17/h1-5,8,11,13H,6-7,9-10,12,14-16H2,(H,25,28). The Morgan fingerprint density at radius 3 is 2.83 bits per heavy atom. The van der Waals surface area contributed by atoms with Gasteiger partial charge in [0.05, 0.1) is 12.0 Å². The fourth-order valence-electron chi connectivity index (χ4n) is 4.30. The van der Waals surface area contributed by atoms with E-state index in [0.29, 0.717) is 45.6 Å².